The number of carboxylic acids is 1. The fourth-order valence-electron chi connectivity index (χ4n) is 3.19. The molecule has 4 N–H and O–H groups in total. The summed E-state index contributed by atoms with van der Waals surface area (Å²) in [6.07, 6.45) is 2.14. The summed E-state index contributed by atoms with van der Waals surface area (Å²) in [6.45, 7) is 8.88. The maximum atomic E-state index is 12.3. The first-order chi connectivity index (χ1) is 11.6. The molecule has 1 aliphatic rings. The van der Waals surface area contributed by atoms with Crippen molar-refractivity contribution >= 4 is 17.8 Å². The lowest BCUT2D eigenvalue weighted by atomic mass is 9.94. The third-order valence-electron chi connectivity index (χ3n) is 4.54. The molecule has 25 heavy (non-hydrogen) atoms. The van der Waals surface area contributed by atoms with Crippen LogP contribution in [0, 0.1) is 17.8 Å². The molecular formula is C18H33N3O4. The van der Waals surface area contributed by atoms with Gasteiger partial charge in [-0.2, -0.15) is 0 Å². The van der Waals surface area contributed by atoms with Crippen LogP contribution in [-0.2, 0) is 14.4 Å². The number of nitrogens with zero attached hydrogens (tertiary/aromatic N) is 1. The van der Waals surface area contributed by atoms with Crippen LogP contribution in [0.1, 0.15) is 53.4 Å². The Hall–Kier alpha value is -1.63. The Kier molecular flexibility index (Phi) is 8.35. The van der Waals surface area contributed by atoms with E-state index < -0.39 is 18.1 Å². The topological polar surface area (TPSA) is 113 Å². The molecule has 0 aromatic rings. The van der Waals surface area contributed by atoms with Gasteiger partial charge in [0.2, 0.25) is 11.8 Å². The Morgan fingerprint density at radius 1 is 1.08 bits per heavy atom. The minimum Gasteiger partial charge on any atom is -0.480 e. The predicted molar refractivity (Wildman–Crippen MR) is 95.8 cm³/mol. The Labute approximate surface area is 150 Å². The van der Waals surface area contributed by atoms with E-state index in [1.54, 1.807) is 4.90 Å². The Morgan fingerprint density at radius 2 is 1.60 bits per heavy atom. The Bertz CT molecular complexity index is 471. The van der Waals surface area contributed by atoms with Gasteiger partial charge in [-0.1, -0.05) is 27.7 Å². The normalized spacial score (nSPS) is 18.3. The monoisotopic (exact) mass is 355 g/mol. The Morgan fingerprint density at radius 3 is 2.04 bits per heavy atom. The largest absolute Gasteiger partial charge is 0.480 e. The highest BCUT2D eigenvalue weighted by molar-refractivity contribution is 5.85. The van der Waals surface area contributed by atoms with Gasteiger partial charge in [-0.3, -0.25) is 9.59 Å². The van der Waals surface area contributed by atoms with Crippen LogP contribution in [0.25, 0.3) is 0 Å². The number of piperidine rings is 1. The highest BCUT2D eigenvalue weighted by Gasteiger charge is 2.31. The van der Waals surface area contributed by atoms with Gasteiger partial charge in [0.25, 0.3) is 0 Å². The summed E-state index contributed by atoms with van der Waals surface area (Å²) in [5, 5.41) is 11.9. The summed E-state index contributed by atoms with van der Waals surface area (Å²) < 4.78 is 0. The highest BCUT2D eigenvalue weighted by atomic mass is 16.4. The molecule has 0 aromatic heterocycles. The summed E-state index contributed by atoms with van der Waals surface area (Å²) in [4.78, 5) is 37.7. The number of carboxylic acid groups (broad SMARTS) is 1. The minimum atomic E-state index is -1.01. The van der Waals surface area contributed by atoms with Crippen molar-refractivity contribution in [2.75, 3.05) is 13.1 Å². The lowest BCUT2D eigenvalue weighted by Crippen LogP contribution is -2.50. The van der Waals surface area contributed by atoms with Gasteiger partial charge in [0.15, 0.2) is 0 Å². The minimum absolute atomic E-state index is 0.0595. The van der Waals surface area contributed by atoms with E-state index in [2.05, 4.69) is 5.32 Å². The molecule has 7 heteroatoms. The molecule has 0 saturated carbocycles. The molecule has 2 atom stereocenters. The van der Waals surface area contributed by atoms with Gasteiger partial charge in [0.1, 0.15) is 6.04 Å². The second-order valence-electron chi connectivity index (χ2n) is 7.86. The lowest BCUT2D eigenvalue weighted by Gasteiger charge is -2.33. The number of nitrogens with two attached hydrogens (primary N) is 1. The first-order valence-electron chi connectivity index (χ1n) is 9.19. The van der Waals surface area contributed by atoms with Gasteiger partial charge >= 0.3 is 5.97 Å². The number of amides is 2. The average molecular weight is 355 g/mol. The molecule has 144 valence electrons. The van der Waals surface area contributed by atoms with Gasteiger partial charge < -0.3 is 21.1 Å². The van der Waals surface area contributed by atoms with Crippen LogP contribution in [-0.4, -0.2) is 53.0 Å². The van der Waals surface area contributed by atoms with Crippen molar-refractivity contribution < 1.29 is 19.5 Å². The standard InChI is InChI=1S/C18H33N3O4/c1-11(2)9-14(19)17(23)21-7-5-13(6-8-21)16(22)20-15(18(24)25)10-12(3)4/h11-15H,5-10,19H2,1-4H3,(H,20,22)(H,24,25). The van der Waals surface area contributed by atoms with Crippen molar-refractivity contribution in [3.8, 4) is 0 Å². The second-order valence-corrected chi connectivity index (χ2v) is 7.86. The lowest BCUT2D eigenvalue weighted by molar-refractivity contribution is -0.143. The van der Waals surface area contributed by atoms with Crippen LogP contribution in [0.5, 0.6) is 0 Å². The van der Waals surface area contributed by atoms with Crippen molar-refractivity contribution in [3.05, 3.63) is 0 Å². The molecule has 0 spiro atoms. The summed E-state index contributed by atoms with van der Waals surface area (Å²) in [7, 11) is 0. The second kappa shape index (κ2) is 9.75. The summed E-state index contributed by atoms with van der Waals surface area (Å²) in [6, 6.07) is -1.35. The van der Waals surface area contributed by atoms with E-state index in [0.717, 1.165) is 0 Å². The fraction of sp³-hybridized carbons (Fsp3) is 0.833. The number of aliphatic carboxylic acids is 1. The molecule has 0 bridgehead atoms. The molecule has 1 aliphatic heterocycles. The average Bonchev–Trinajstić information content (AvgIpc) is 2.52. The van der Waals surface area contributed by atoms with E-state index in [0.29, 0.717) is 44.7 Å². The number of rotatable bonds is 8. The van der Waals surface area contributed by atoms with Crippen molar-refractivity contribution in [1.82, 2.24) is 10.2 Å². The zero-order valence-electron chi connectivity index (χ0n) is 15.8. The number of carbonyl (C=O) groups excluding carboxylic acids is 2. The summed E-state index contributed by atoms with van der Waals surface area (Å²) in [5.41, 5.74) is 5.95. The summed E-state index contributed by atoms with van der Waals surface area (Å²) >= 11 is 0. The summed E-state index contributed by atoms with van der Waals surface area (Å²) in [5.74, 6) is -1.00. The van der Waals surface area contributed by atoms with E-state index >= 15 is 0 Å². The van der Waals surface area contributed by atoms with E-state index in [-0.39, 0.29) is 23.7 Å². The molecule has 1 fully saturated rings. The first kappa shape index (κ1) is 21.4. The Balaban J connectivity index is 2.51. The smallest absolute Gasteiger partial charge is 0.326 e. The number of likely N-dealkylation sites (tertiary alicyclic amines) is 1. The van der Waals surface area contributed by atoms with Crippen LogP contribution in [0.2, 0.25) is 0 Å². The number of carbonyl (C=O) groups is 3. The molecule has 1 saturated heterocycles. The van der Waals surface area contributed by atoms with Crippen LogP contribution in [0.15, 0.2) is 0 Å². The third-order valence-corrected chi connectivity index (χ3v) is 4.54. The first-order valence-corrected chi connectivity index (χ1v) is 9.19. The number of hydrogen-bond donors (Lipinski definition) is 3. The number of hydrogen-bond acceptors (Lipinski definition) is 4. The molecule has 0 aliphatic carbocycles. The van der Waals surface area contributed by atoms with E-state index in [4.69, 9.17) is 5.73 Å². The molecule has 2 amide bonds. The molecule has 0 radical (unpaired) electrons. The van der Waals surface area contributed by atoms with E-state index in [1.807, 2.05) is 27.7 Å². The fourth-order valence-corrected chi connectivity index (χ4v) is 3.19. The van der Waals surface area contributed by atoms with Crippen LogP contribution in [0.4, 0.5) is 0 Å². The van der Waals surface area contributed by atoms with E-state index in [1.165, 1.54) is 0 Å². The van der Waals surface area contributed by atoms with Gasteiger partial charge in [0.05, 0.1) is 6.04 Å². The molecule has 2 unspecified atom stereocenters. The highest BCUT2D eigenvalue weighted by Crippen LogP contribution is 2.19. The molecule has 0 aromatic carbocycles. The molecule has 1 rings (SSSR count). The van der Waals surface area contributed by atoms with Gasteiger partial charge in [-0.15, -0.1) is 0 Å². The maximum Gasteiger partial charge on any atom is 0.326 e. The van der Waals surface area contributed by atoms with Gasteiger partial charge in [-0.25, -0.2) is 4.79 Å². The van der Waals surface area contributed by atoms with Crippen molar-refractivity contribution in [3.63, 3.8) is 0 Å². The van der Waals surface area contributed by atoms with Crippen molar-refractivity contribution in [1.29, 1.82) is 0 Å². The predicted octanol–water partition coefficient (Wildman–Crippen LogP) is 1.21. The van der Waals surface area contributed by atoms with Gasteiger partial charge in [-0.05, 0) is 37.5 Å². The molecular weight excluding hydrogens is 322 g/mol. The quantitative estimate of drug-likeness (QED) is 0.606. The van der Waals surface area contributed by atoms with Crippen molar-refractivity contribution in [2.45, 2.75) is 65.5 Å². The van der Waals surface area contributed by atoms with Crippen LogP contribution in [0.3, 0.4) is 0 Å². The molecule has 1 heterocycles. The van der Waals surface area contributed by atoms with Crippen LogP contribution < -0.4 is 11.1 Å². The van der Waals surface area contributed by atoms with Crippen molar-refractivity contribution in [2.24, 2.45) is 23.5 Å². The number of nitrogens with one attached hydrogen (secondary N) is 1. The van der Waals surface area contributed by atoms with E-state index in [9.17, 15) is 19.5 Å². The molecule has 7 nitrogen and oxygen atoms in total. The third kappa shape index (κ3) is 7.02. The maximum absolute atomic E-state index is 12.3. The van der Waals surface area contributed by atoms with Gasteiger partial charge in [0, 0.05) is 19.0 Å². The zero-order chi connectivity index (χ0) is 19.1. The zero-order valence-corrected chi connectivity index (χ0v) is 15.8. The van der Waals surface area contributed by atoms with Crippen LogP contribution >= 0.6 is 0 Å². The SMILES string of the molecule is CC(C)CC(N)C(=O)N1CCC(C(=O)NC(CC(C)C)C(=O)O)CC1.